The maximum Gasteiger partial charge on any atom is 0.262 e. The maximum absolute atomic E-state index is 12.1. The van der Waals surface area contributed by atoms with Gasteiger partial charge < -0.3 is 15.0 Å². The van der Waals surface area contributed by atoms with Gasteiger partial charge in [0.05, 0.1) is 18.1 Å². The fourth-order valence-corrected chi connectivity index (χ4v) is 3.12. The second-order valence-electron chi connectivity index (χ2n) is 6.64. The van der Waals surface area contributed by atoms with Crippen molar-refractivity contribution in [1.82, 2.24) is 9.97 Å². The molecule has 3 aromatic rings. The predicted octanol–water partition coefficient (Wildman–Crippen LogP) is 3.29. The molecule has 4 rings (SSSR count). The van der Waals surface area contributed by atoms with Crippen LogP contribution in [-0.2, 0) is 9.59 Å². The number of hydrogen-bond acceptors (Lipinski definition) is 5. The summed E-state index contributed by atoms with van der Waals surface area (Å²) < 4.78 is 5.52. The molecule has 1 N–H and O–H groups in total. The van der Waals surface area contributed by atoms with Crippen molar-refractivity contribution >= 4 is 23.2 Å². The third-order valence-electron chi connectivity index (χ3n) is 4.56. The van der Waals surface area contributed by atoms with Crippen LogP contribution in [-0.4, -0.2) is 34.9 Å². The molecule has 146 valence electrons. The Labute approximate surface area is 168 Å². The SMILES string of the molecule is O=C(COc1ccc(N2CCCC2=O)cc1)Nc1cnc(-c2ccccc2)nc1. The van der Waals surface area contributed by atoms with Gasteiger partial charge in [0.2, 0.25) is 5.91 Å². The van der Waals surface area contributed by atoms with E-state index in [0.717, 1.165) is 24.2 Å². The number of aromatic nitrogens is 2. The number of ether oxygens (including phenoxy) is 1. The molecule has 0 bridgehead atoms. The van der Waals surface area contributed by atoms with Gasteiger partial charge >= 0.3 is 0 Å². The van der Waals surface area contributed by atoms with Crippen molar-refractivity contribution in [2.75, 3.05) is 23.4 Å². The molecule has 0 saturated carbocycles. The van der Waals surface area contributed by atoms with Crippen molar-refractivity contribution in [3.63, 3.8) is 0 Å². The molecular weight excluding hydrogens is 368 g/mol. The van der Waals surface area contributed by atoms with Crippen molar-refractivity contribution < 1.29 is 14.3 Å². The van der Waals surface area contributed by atoms with E-state index in [9.17, 15) is 9.59 Å². The van der Waals surface area contributed by atoms with Crippen LogP contribution in [0, 0.1) is 0 Å². The summed E-state index contributed by atoms with van der Waals surface area (Å²) in [6.45, 7) is 0.606. The normalized spacial score (nSPS) is 13.4. The topological polar surface area (TPSA) is 84.4 Å². The molecule has 2 aromatic carbocycles. The van der Waals surface area contributed by atoms with E-state index in [0.29, 0.717) is 23.7 Å². The average molecular weight is 388 g/mol. The molecular formula is C22H20N4O3. The summed E-state index contributed by atoms with van der Waals surface area (Å²) in [6, 6.07) is 16.8. The van der Waals surface area contributed by atoms with Gasteiger partial charge in [-0.1, -0.05) is 30.3 Å². The van der Waals surface area contributed by atoms with E-state index in [1.165, 1.54) is 0 Å². The van der Waals surface area contributed by atoms with Crippen molar-refractivity contribution in [3.8, 4) is 17.1 Å². The summed E-state index contributed by atoms with van der Waals surface area (Å²) in [6.07, 6.45) is 4.60. The molecule has 1 aromatic heterocycles. The lowest BCUT2D eigenvalue weighted by atomic mass is 10.2. The molecule has 1 saturated heterocycles. The highest BCUT2D eigenvalue weighted by atomic mass is 16.5. The Morgan fingerprint density at radius 2 is 1.76 bits per heavy atom. The van der Waals surface area contributed by atoms with Crippen LogP contribution < -0.4 is 15.0 Å². The highest BCUT2D eigenvalue weighted by Gasteiger charge is 2.21. The van der Waals surface area contributed by atoms with Crippen LogP contribution in [0.3, 0.4) is 0 Å². The number of carbonyl (C=O) groups excluding carboxylic acids is 2. The largest absolute Gasteiger partial charge is 0.484 e. The molecule has 0 atom stereocenters. The van der Waals surface area contributed by atoms with Crippen LogP contribution in [0.15, 0.2) is 67.0 Å². The van der Waals surface area contributed by atoms with E-state index in [1.54, 1.807) is 29.4 Å². The van der Waals surface area contributed by atoms with Gasteiger partial charge in [0.25, 0.3) is 5.91 Å². The Morgan fingerprint density at radius 3 is 2.41 bits per heavy atom. The molecule has 7 heteroatoms. The summed E-state index contributed by atoms with van der Waals surface area (Å²) >= 11 is 0. The van der Waals surface area contributed by atoms with Crippen LogP contribution in [0.2, 0.25) is 0 Å². The second kappa shape index (κ2) is 8.52. The van der Waals surface area contributed by atoms with E-state index >= 15 is 0 Å². The zero-order valence-electron chi connectivity index (χ0n) is 15.7. The lowest BCUT2D eigenvalue weighted by Gasteiger charge is -2.16. The summed E-state index contributed by atoms with van der Waals surface area (Å²) in [7, 11) is 0. The fourth-order valence-electron chi connectivity index (χ4n) is 3.12. The monoisotopic (exact) mass is 388 g/mol. The molecule has 0 radical (unpaired) electrons. The van der Waals surface area contributed by atoms with Gasteiger partial charge in [-0.25, -0.2) is 9.97 Å². The quantitative estimate of drug-likeness (QED) is 0.700. The first-order valence-electron chi connectivity index (χ1n) is 9.39. The lowest BCUT2D eigenvalue weighted by Crippen LogP contribution is -2.23. The average Bonchev–Trinajstić information content (AvgIpc) is 3.20. The van der Waals surface area contributed by atoms with Gasteiger partial charge in [0, 0.05) is 24.2 Å². The van der Waals surface area contributed by atoms with Crippen molar-refractivity contribution in [2.24, 2.45) is 0 Å². The zero-order chi connectivity index (χ0) is 20.1. The first-order valence-corrected chi connectivity index (χ1v) is 9.39. The lowest BCUT2D eigenvalue weighted by molar-refractivity contribution is -0.118. The molecule has 1 fully saturated rings. The molecule has 0 aliphatic carbocycles. The molecule has 0 unspecified atom stereocenters. The number of benzene rings is 2. The highest BCUT2D eigenvalue weighted by molar-refractivity contribution is 5.95. The second-order valence-corrected chi connectivity index (χ2v) is 6.64. The van der Waals surface area contributed by atoms with E-state index in [4.69, 9.17) is 4.74 Å². The Bertz CT molecular complexity index is 989. The van der Waals surface area contributed by atoms with Gasteiger partial charge in [-0.3, -0.25) is 9.59 Å². The smallest absolute Gasteiger partial charge is 0.262 e. The first-order chi connectivity index (χ1) is 14.2. The number of amides is 2. The molecule has 2 heterocycles. The highest BCUT2D eigenvalue weighted by Crippen LogP contribution is 2.24. The molecule has 29 heavy (non-hydrogen) atoms. The van der Waals surface area contributed by atoms with Crippen LogP contribution in [0.4, 0.5) is 11.4 Å². The van der Waals surface area contributed by atoms with Crippen LogP contribution in [0.1, 0.15) is 12.8 Å². The first kappa shape index (κ1) is 18.6. The Morgan fingerprint density at radius 1 is 1.03 bits per heavy atom. The number of carbonyl (C=O) groups is 2. The Kier molecular flexibility index (Phi) is 5.47. The van der Waals surface area contributed by atoms with E-state index < -0.39 is 0 Å². The number of hydrogen-bond donors (Lipinski definition) is 1. The zero-order valence-corrected chi connectivity index (χ0v) is 15.7. The van der Waals surface area contributed by atoms with Crippen molar-refractivity contribution in [1.29, 1.82) is 0 Å². The molecule has 1 aliphatic rings. The van der Waals surface area contributed by atoms with Crippen LogP contribution in [0.25, 0.3) is 11.4 Å². The van der Waals surface area contributed by atoms with Gasteiger partial charge in [0.15, 0.2) is 12.4 Å². The number of nitrogens with one attached hydrogen (secondary N) is 1. The van der Waals surface area contributed by atoms with Crippen LogP contribution >= 0.6 is 0 Å². The minimum absolute atomic E-state index is 0.136. The molecule has 0 spiro atoms. The van der Waals surface area contributed by atoms with E-state index in [2.05, 4.69) is 15.3 Å². The Hall–Kier alpha value is -3.74. The number of nitrogens with zero attached hydrogens (tertiary/aromatic N) is 3. The van der Waals surface area contributed by atoms with Gasteiger partial charge in [0.1, 0.15) is 5.75 Å². The van der Waals surface area contributed by atoms with Crippen molar-refractivity contribution in [2.45, 2.75) is 12.8 Å². The summed E-state index contributed by atoms with van der Waals surface area (Å²) in [5.74, 6) is 0.987. The minimum atomic E-state index is -0.306. The number of rotatable bonds is 6. The van der Waals surface area contributed by atoms with E-state index in [1.807, 2.05) is 42.5 Å². The fraction of sp³-hybridized carbons (Fsp3) is 0.182. The van der Waals surface area contributed by atoms with Gasteiger partial charge in [-0.2, -0.15) is 0 Å². The van der Waals surface area contributed by atoms with Crippen LogP contribution in [0.5, 0.6) is 5.75 Å². The minimum Gasteiger partial charge on any atom is -0.484 e. The molecule has 7 nitrogen and oxygen atoms in total. The molecule has 1 aliphatic heterocycles. The van der Waals surface area contributed by atoms with Crippen molar-refractivity contribution in [3.05, 3.63) is 67.0 Å². The maximum atomic E-state index is 12.1. The third-order valence-corrected chi connectivity index (χ3v) is 4.56. The number of anilines is 2. The van der Waals surface area contributed by atoms with E-state index in [-0.39, 0.29) is 18.4 Å². The third kappa shape index (κ3) is 4.57. The van der Waals surface area contributed by atoms with Gasteiger partial charge in [-0.05, 0) is 30.7 Å². The standard InChI is InChI=1S/C22H20N4O3/c27-20(25-17-13-23-22(24-14-17)16-5-2-1-3-6-16)15-29-19-10-8-18(9-11-19)26-12-4-7-21(26)28/h1-3,5-6,8-11,13-14H,4,7,12,15H2,(H,25,27). The summed E-state index contributed by atoms with van der Waals surface area (Å²) in [5.41, 5.74) is 2.26. The summed E-state index contributed by atoms with van der Waals surface area (Å²) in [5, 5.41) is 2.71. The molecule has 2 amide bonds. The van der Waals surface area contributed by atoms with Gasteiger partial charge in [-0.15, -0.1) is 0 Å². The summed E-state index contributed by atoms with van der Waals surface area (Å²) in [4.78, 5) is 34.2. The Balaban J connectivity index is 1.29. The predicted molar refractivity (Wildman–Crippen MR) is 110 cm³/mol.